The van der Waals surface area contributed by atoms with Crippen molar-refractivity contribution in [2.75, 3.05) is 0 Å². The first-order valence-electron chi connectivity index (χ1n) is 4.38. The number of aromatic nitrogens is 1. The van der Waals surface area contributed by atoms with E-state index in [1.54, 1.807) is 18.2 Å². The van der Waals surface area contributed by atoms with Gasteiger partial charge in [-0.05, 0) is 24.4 Å². The molecule has 0 radical (unpaired) electrons. The second-order valence-corrected chi connectivity index (χ2v) is 4.51. The lowest BCUT2D eigenvalue weighted by Crippen LogP contribution is -2.01. The lowest BCUT2D eigenvalue weighted by Gasteiger charge is -2.05. The molecular formula is C10H7F2NOS2. The maximum absolute atomic E-state index is 12.0. The number of halogens is 2. The van der Waals surface area contributed by atoms with Gasteiger partial charge in [-0.1, -0.05) is 12.1 Å². The average Bonchev–Trinajstić information content (AvgIpc) is 2.64. The fourth-order valence-corrected chi connectivity index (χ4v) is 2.10. The largest absolute Gasteiger partial charge is 0.435 e. The molecule has 2 nitrogen and oxygen atoms in total. The second kappa shape index (κ2) is 4.71. The number of hydrogen-bond donors (Lipinski definition) is 1. The summed E-state index contributed by atoms with van der Waals surface area (Å²) in [6, 6.07) is 6.48. The van der Waals surface area contributed by atoms with Crippen LogP contribution in [0.1, 0.15) is 0 Å². The maximum atomic E-state index is 12.0. The minimum Gasteiger partial charge on any atom is -0.435 e. The zero-order chi connectivity index (χ0) is 11.5. The van der Waals surface area contributed by atoms with Gasteiger partial charge in [-0.3, -0.25) is 0 Å². The molecule has 1 N–H and O–H groups in total. The highest BCUT2D eigenvalue weighted by Crippen LogP contribution is 2.24. The first kappa shape index (κ1) is 11.2. The van der Waals surface area contributed by atoms with Gasteiger partial charge in [0.05, 0.1) is 5.69 Å². The van der Waals surface area contributed by atoms with Gasteiger partial charge in [-0.15, -0.1) is 11.3 Å². The molecule has 0 aliphatic heterocycles. The summed E-state index contributed by atoms with van der Waals surface area (Å²) in [7, 11) is 0. The van der Waals surface area contributed by atoms with Crippen LogP contribution in [0.3, 0.4) is 0 Å². The maximum Gasteiger partial charge on any atom is 0.387 e. The second-order valence-electron chi connectivity index (χ2n) is 2.97. The van der Waals surface area contributed by atoms with Crippen molar-refractivity contribution in [2.24, 2.45) is 0 Å². The summed E-state index contributed by atoms with van der Waals surface area (Å²) in [5.41, 5.74) is 1.57. The van der Waals surface area contributed by atoms with Crippen molar-refractivity contribution in [1.82, 2.24) is 4.98 Å². The van der Waals surface area contributed by atoms with E-state index >= 15 is 0 Å². The third kappa shape index (κ3) is 2.65. The number of ether oxygens (including phenoxy) is 1. The molecule has 0 aliphatic carbocycles. The van der Waals surface area contributed by atoms with E-state index in [0.29, 0.717) is 3.95 Å². The zero-order valence-electron chi connectivity index (χ0n) is 7.94. The van der Waals surface area contributed by atoms with Crippen LogP contribution in [-0.4, -0.2) is 11.6 Å². The lowest BCUT2D eigenvalue weighted by molar-refractivity contribution is -0.0498. The van der Waals surface area contributed by atoms with Crippen LogP contribution in [-0.2, 0) is 0 Å². The van der Waals surface area contributed by atoms with Crippen LogP contribution >= 0.6 is 23.6 Å². The van der Waals surface area contributed by atoms with Crippen LogP contribution in [0.5, 0.6) is 5.75 Å². The predicted octanol–water partition coefficient (Wildman–Crippen LogP) is 4.07. The van der Waals surface area contributed by atoms with Crippen molar-refractivity contribution in [3.8, 4) is 17.0 Å². The molecule has 84 valence electrons. The SMILES string of the molecule is FC(F)Oc1cccc(-c2csc(=S)[nH]2)c1. The Kier molecular flexibility index (Phi) is 3.31. The van der Waals surface area contributed by atoms with E-state index in [1.807, 2.05) is 5.38 Å². The normalized spacial score (nSPS) is 10.7. The Hall–Kier alpha value is -1.27. The monoisotopic (exact) mass is 259 g/mol. The zero-order valence-corrected chi connectivity index (χ0v) is 9.58. The van der Waals surface area contributed by atoms with Crippen LogP contribution < -0.4 is 4.74 Å². The third-order valence-corrected chi connectivity index (χ3v) is 2.95. The summed E-state index contributed by atoms with van der Waals surface area (Å²) in [6.07, 6.45) is 0. The molecule has 2 rings (SSSR count). The van der Waals surface area contributed by atoms with Gasteiger partial charge in [0, 0.05) is 10.9 Å². The molecule has 1 aromatic carbocycles. The topological polar surface area (TPSA) is 25.0 Å². The summed E-state index contributed by atoms with van der Waals surface area (Å²) < 4.78 is 29.0. The van der Waals surface area contributed by atoms with Gasteiger partial charge < -0.3 is 9.72 Å². The number of H-pyrrole nitrogens is 1. The minimum absolute atomic E-state index is 0.137. The van der Waals surface area contributed by atoms with Crippen molar-refractivity contribution >= 4 is 23.6 Å². The lowest BCUT2D eigenvalue weighted by atomic mass is 10.2. The summed E-state index contributed by atoms with van der Waals surface area (Å²) in [5.74, 6) is 0.137. The molecule has 2 aromatic rings. The fraction of sp³-hybridized carbons (Fsp3) is 0.100. The van der Waals surface area contributed by atoms with Gasteiger partial charge in [0.15, 0.2) is 3.95 Å². The quantitative estimate of drug-likeness (QED) is 0.840. The highest BCUT2D eigenvalue weighted by Gasteiger charge is 2.06. The highest BCUT2D eigenvalue weighted by atomic mass is 32.1. The molecule has 0 amide bonds. The molecule has 6 heteroatoms. The number of benzene rings is 1. The number of rotatable bonds is 3. The molecule has 0 atom stereocenters. The highest BCUT2D eigenvalue weighted by molar-refractivity contribution is 7.73. The van der Waals surface area contributed by atoms with Crippen molar-refractivity contribution in [3.63, 3.8) is 0 Å². The number of nitrogens with one attached hydrogen (secondary N) is 1. The average molecular weight is 259 g/mol. The molecule has 0 saturated heterocycles. The number of alkyl halides is 2. The number of aromatic amines is 1. The van der Waals surface area contributed by atoms with E-state index in [9.17, 15) is 8.78 Å². The van der Waals surface area contributed by atoms with E-state index < -0.39 is 6.61 Å². The van der Waals surface area contributed by atoms with Crippen molar-refractivity contribution in [1.29, 1.82) is 0 Å². The Morgan fingerprint density at radius 2 is 2.19 bits per heavy atom. The first-order valence-corrected chi connectivity index (χ1v) is 5.67. The Bertz CT molecular complexity index is 535. The molecule has 0 aliphatic rings. The van der Waals surface area contributed by atoms with Gasteiger partial charge >= 0.3 is 6.61 Å². The number of thiazole rings is 1. The van der Waals surface area contributed by atoms with Gasteiger partial charge in [-0.2, -0.15) is 8.78 Å². The van der Waals surface area contributed by atoms with Gasteiger partial charge in [-0.25, -0.2) is 0 Å². The summed E-state index contributed by atoms with van der Waals surface area (Å²) in [4.78, 5) is 2.96. The van der Waals surface area contributed by atoms with Crippen molar-refractivity contribution < 1.29 is 13.5 Å². The summed E-state index contributed by atoms with van der Waals surface area (Å²) in [5, 5.41) is 1.84. The van der Waals surface area contributed by atoms with Gasteiger partial charge in [0.25, 0.3) is 0 Å². The minimum atomic E-state index is -2.81. The van der Waals surface area contributed by atoms with Gasteiger partial charge in [0.1, 0.15) is 5.75 Å². The molecule has 0 unspecified atom stereocenters. The Balaban J connectivity index is 2.32. The predicted molar refractivity (Wildman–Crippen MR) is 61.6 cm³/mol. The molecule has 16 heavy (non-hydrogen) atoms. The van der Waals surface area contributed by atoms with E-state index in [1.165, 1.54) is 17.4 Å². The van der Waals surface area contributed by atoms with Crippen LogP contribution in [0.4, 0.5) is 8.78 Å². The Labute approximate surface area is 99.5 Å². The molecule has 0 saturated carbocycles. The Morgan fingerprint density at radius 1 is 1.38 bits per heavy atom. The Morgan fingerprint density at radius 3 is 2.81 bits per heavy atom. The van der Waals surface area contributed by atoms with E-state index in [2.05, 4.69) is 9.72 Å². The molecule has 0 fully saturated rings. The molecule has 0 bridgehead atoms. The smallest absolute Gasteiger partial charge is 0.387 e. The molecule has 1 aromatic heterocycles. The van der Waals surface area contributed by atoms with Crippen molar-refractivity contribution in [3.05, 3.63) is 33.6 Å². The fourth-order valence-electron chi connectivity index (χ4n) is 1.26. The summed E-state index contributed by atoms with van der Waals surface area (Å²) in [6.45, 7) is -2.81. The van der Waals surface area contributed by atoms with Crippen LogP contribution in [0.2, 0.25) is 0 Å². The van der Waals surface area contributed by atoms with E-state index in [4.69, 9.17) is 12.2 Å². The molecule has 1 heterocycles. The standard InChI is InChI=1S/C10H7F2NOS2/c11-9(12)14-7-3-1-2-6(4-7)8-5-16-10(15)13-8/h1-5,9H,(H,13,15). The van der Waals surface area contributed by atoms with Crippen LogP contribution in [0, 0.1) is 3.95 Å². The first-order chi connectivity index (χ1) is 7.65. The molecule has 0 spiro atoms. The van der Waals surface area contributed by atoms with Crippen LogP contribution in [0.25, 0.3) is 11.3 Å². The van der Waals surface area contributed by atoms with Crippen molar-refractivity contribution in [2.45, 2.75) is 6.61 Å². The van der Waals surface area contributed by atoms with Gasteiger partial charge in [0.2, 0.25) is 0 Å². The van der Waals surface area contributed by atoms with E-state index in [0.717, 1.165) is 11.3 Å². The number of hydrogen-bond acceptors (Lipinski definition) is 3. The third-order valence-electron chi connectivity index (χ3n) is 1.89. The molecular weight excluding hydrogens is 252 g/mol. The van der Waals surface area contributed by atoms with Crippen LogP contribution in [0.15, 0.2) is 29.6 Å². The van der Waals surface area contributed by atoms with E-state index in [-0.39, 0.29) is 5.75 Å². The summed E-state index contributed by atoms with van der Waals surface area (Å²) >= 11 is 6.34.